The fourth-order valence-corrected chi connectivity index (χ4v) is 1.55. The molecule has 1 heterocycles. The van der Waals surface area contributed by atoms with Crippen molar-refractivity contribution < 1.29 is 0 Å². The highest BCUT2D eigenvalue weighted by Crippen LogP contribution is 2.19. The van der Waals surface area contributed by atoms with Crippen molar-refractivity contribution in [2.45, 2.75) is 4.21 Å². The molecule has 0 saturated heterocycles. The molecule has 0 aliphatic carbocycles. The van der Waals surface area contributed by atoms with Gasteiger partial charge in [-0.1, -0.05) is 23.7 Å². The highest BCUT2D eigenvalue weighted by molar-refractivity contribution is 7.62. The smallest absolute Gasteiger partial charge is 0.000296 e. The molecule has 0 amide bonds. The minimum Gasteiger partial charge on any atom is -0.428 e. The van der Waals surface area contributed by atoms with Crippen LogP contribution in [0.5, 0.6) is 0 Å². The summed E-state index contributed by atoms with van der Waals surface area (Å²) in [6.07, 6.45) is 0. The van der Waals surface area contributed by atoms with Gasteiger partial charge in [-0.25, -0.2) is 0 Å². The zero-order valence-corrected chi connectivity index (χ0v) is 5.74. The van der Waals surface area contributed by atoms with Gasteiger partial charge in [0.05, 0.1) is 0 Å². The Morgan fingerprint density at radius 2 is 2.29 bits per heavy atom. The Hall–Kier alpha value is 0.210. The van der Waals surface area contributed by atoms with Gasteiger partial charge in [0.2, 0.25) is 0 Å². The Morgan fingerprint density at radius 3 is 2.43 bits per heavy atom. The van der Waals surface area contributed by atoms with Crippen LogP contribution in [-0.2, 0) is 12.6 Å². The predicted octanol–water partition coefficient (Wildman–Crippen LogP) is 2.31. The van der Waals surface area contributed by atoms with Gasteiger partial charge in [-0.2, -0.15) is 0 Å². The van der Waals surface area contributed by atoms with Crippen molar-refractivity contribution in [3.05, 3.63) is 16.5 Å². The molecule has 7 heavy (non-hydrogen) atoms. The third kappa shape index (κ3) is 1.30. The predicted molar refractivity (Wildman–Crippen MR) is 35.0 cm³/mol. The van der Waals surface area contributed by atoms with E-state index in [1.165, 1.54) is 11.3 Å². The molecule has 0 spiro atoms. The molecule has 0 saturated carbocycles. The van der Waals surface area contributed by atoms with Crippen molar-refractivity contribution in [2.24, 2.45) is 0 Å². The zero-order chi connectivity index (χ0) is 5.28. The van der Waals surface area contributed by atoms with Crippen LogP contribution in [0.15, 0.2) is 16.3 Å². The molecule has 38 valence electrons. The summed E-state index contributed by atoms with van der Waals surface area (Å²) in [6.45, 7) is 0. The summed E-state index contributed by atoms with van der Waals surface area (Å²) in [6, 6.07) is 3.62. The van der Waals surface area contributed by atoms with Gasteiger partial charge in [-0.3, -0.25) is 0 Å². The van der Waals surface area contributed by atoms with Gasteiger partial charge in [0.25, 0.3) is 0 Å². The molecule has 0 aliphatic heterocycles. The van der Waals surface area contributed by atoms with Crippen LogP contribution in [0.2, 0.25) is 4.34 Å². The van der Waals surface area contributed by atoms with Gasteiger partial charge in [0, 0.05) is 0 Å². The molecular formula is C4H2ClS2-. The van der Waals surface area contributed by atoms with Crippen LogP contribution in [-0.4, -0.2) is 0 Å². The van der Waals surface area contributed by atoms with Crippen LogP contribution in [0.3, 0.4) is 0 Å². The van der Waals surface area contributed by atoms with Crippen LogP contribution in [0.4, 0.5) is 0 Å². The average Bonchev–Trinajstić information content (AvgIpc) is 1.87. The van der Waals surface area contributed by atoms with Crippen molar-refractivity contribution in [3.63, 3.8) is 0 Å². The summed E-state index contributed by atoms with van der Waals surface area (Å²) in [5, 5.41) is 0. The molecule has 1 rings (SSSR count). The van der Waals surface area contributed by atoms with E-state index in [2.05, 4.69) is 0 Å². The largest absolute Gasteiger partial charge is 0.428 e. The van der Waals surface area contributed by atoms with Crippen molar-refractivity contribution in [1.29, 1.82) is 0 Å². The standard InChI is InChI=1S/C4H3ClS2/c5-3-1-2-4(6)7-3/h1-2,6H/p-1. The van der Waals surface area contributed by atoms with E-state index in [9.17, 15) is 0 Å². The van der Waals surface area contributed by atoms with E-state index in [1.807, 2.05) is 6.07 Å². The Morgan fingerprint density at radius 1 is 1.57 bits per heavy atom. The number of rotatable bonds is 0. The highest BCUT2D eigenvalue weighted by atomic mass is 35.5. The number of hydrogen-bond acceptors (Lipinski definition) is 2. The lowest BCUT2D eigenvalue weighted by Gasteiger charge is -1.86. The lowest BCUT2D eigenvalue weighted by molar-refractivity contribution is 1.76. The van der Waals surface area contributed by atoms with E-state index in [-0.39, 0.29) is 0 Å². The average molecular weight is 150 g/mol. The summed E-state index contributed by atoms with van der Waals surface area (Å²) in [5.41, 5.74) is 0. The molecule has 0 fully saturated rings. The molecule has 0 bridgehead atoms. The van der Waals surface area contributed by atoms with Crippen LogP contribution >= 0.6 is 22.9 Å². The lowest BCUT2D eigenvalue weighted by atomic mass is 10.7. The first-order chi connectivity index (χ1) is 3.29. The van der Waals surface area contributed by atoms with E-state index in [0.29, 0.717) is 0 Å². The molecule has 0 N–H and O–H groups in total. The Bertz CT molecular complexity index is 142. The van der Waals surface area contributed by atoms with E-state index in [0.717, 1.165) is 8.55 Å². The molecule has 0 unspecified atom stereocenters. The molecule has 1 aromatic rings. The first kappa shape index (κ1) is 5.35. The Kier molecular flexibility index (Phi) is 1.52. The van der Waals surface area contributed by atoms with Crippen molar-refractivity contribution >= 4 is 35.6 Å². The Balaban J connectivity index is 3.04. The maximum Gasteiger partial charge on any atom is -0.000296 e. The highest BCUT2D eigenvalue weighted by Gasteiger charge is 1.75. The SMILES string of the molecule is [S-]c1ccc(Cl)s1. The second-order valence-electron chi connectivity index (χ2n) is 1.06. The minimum absolute atomic E-state index is 0.769. The topological polar surface area (TPSA) is 0 Å². The lowest BCUT2D eigenvalue weighted by Crippen LogP contribution is -1.42. The van der Waals surface area contributed by atoms with E-state index in [4.69, 9.17) is 24.2 Å². The van der Waals surface area contributed by atoms with Gasteiger partial charge < -0.3 is 24.0 Å². The summed E-state index contributed by atoms with van der Waals surface area (Å²) in [5.74, 6) is 0. The molecule has 0 atom stereocenters. The third-order valence-corrected chi connectivity index (χ3v) is 1.96. The first-order valence-electron chi connectivity index (χ1n) is 1.71. The fourth-order valence-electron chi connectivity index (χ4n) is 0.298. The summed E-state index contributed by atoms with van der Waals surface area (Å²) in [7, 11) is 0. The summed E-state index contributed by atoms with van der Waals surface area (Å²) in [4.78, 5) is 0. The maximum absolute atomic E-state index is 5.51. The van der Waals surface area contributed by atoms with Crippen LogP contribution < -0.4 is 0 Å². The molecule has 0 aromatic carbocycles. The Labute approximate surface area is 56.5 Å². The van der Waals surface area contributed by atoms with Crippen molar-refractivity contribution in [3.8, 4) is 0 Å². The van der Waals surface area contributed by atoms with Crippen molar-refractivity contribution in [1.82, 2.24) is 0 Å². The van der Waals surface area contributed by atoms with Gasteiger partial charge in [0.1, 0.15) is 0 Å². The molecule has 0 aliphatic rings. The molecule has 0 nitrogen and oxygen atoms in total. The van der Waals surface area contributed by atoms with Crippen LogP contribution in [0, 0.1) is 0 Å². The fraction of sp³-hybridized carbons (Fsp3) is 0. The monoisotopic (exact) mass is 149 g/mol. The van der Waals surface area contributed by atoms with Gasteiger partial charge in [-0.15, -0.1) is 4.21 Å². The van der Waals surface area contributed by atoms with E-state index < -0.39 is 0 Å². The van der Waals surface area contributed by atoms with Gasteiger partial charge in [0.15, 0.2) is 0 Å². The zero-order valence-electron chi connectivity index (χ0n) is 3.35. The molecular weight excluding hydrogens is 148 g/mol. The maximum atomic E-state index is 5.51. The van der Waals surface area contributed by atoms with Crippen LogP contribution in [0.1, 0.15) is 0 Å². The van der Waals surface area contributed by atoms with Gasteiger partial charge >= 0.3 is 0 Å². The first-order valence-corrected chi connectivity index (χ1v) is 3.31. The quantitative estimate of drug-likeness (QED) is 0.511. The summed E-state index contributed by atoms with van der Waals surface area (Å²) < 4.78 is 1.62. The number of thiophene rings is 1. The van der Waals surface area contributed by atoms with E-state index >= 15 is 0 Å². The number of hydrogen-bond donors (Lipinski definition) is 0. The second-order valence-corrected chi connectivity index (χ2v) is 3.47. The number of halogens is 1. The third-order valence-electron chi connectivity index (χ3n) is 0.549. The van der Waals surface area contributed by atoms with Crippen molar-refractivity contribution in [2.75, 3.05) is 0 Å². The molecule has 3 heteroatoms. The molecule has 1 aromatic heterocycles. The second kappa shape index (κ2) is 1.99. The van der Waals surface area contributed by atoms with Gasteiger partial charge in [-0.05, 0) is 4.34 Å². The summed E-state index contributed by atoms with van der Waals surface area (Å²) >= 11 is 11.7. The minimum atomic E-state index is 0.769. The van der Waals surface area contributed by atoms with E-state index in [1.54, 1.807) is 6.07 Å². The normalized spacial score (nSPS) is 9.29. The molecule has 0 radical (unpaired) electrons. The van der Waals surface area contributed by atoms with Crippen LogP contribution in [0.25, 0.3) is 0 Å².